The number of fused-ring (bicyclic) bond motifs is 1. The van der Waals surface area contributed by atoms with Crippen LogP contribution in [0, 0.1) is 5.82 Å². The number of hydrogen-bond acceptors (Lipinski definition) is 3. The highest BCUT2D eigenvalue weighted by atomic mass is 79.9. The quantitative estimate of drug-likeness (QED) is 0.741. The molecule has 16 heavy (non-hydrogen) atoms. The zero-order valence-corrected chi connectivity index (χ0v) is 9.41. The normalized spacial score (nSPS) is 18.3. The van der Waals surface area contributed by atoms with E-state index in [1.807, 2.05) is 5.32 Å². The highest BCUT2D eigenvalue weighted by molar-refractivity contribution is 9.10. The number of ether oxygens (including phenoxy) is 1. The fourth-order valence-electron chi connectivity index (χ4n) is 1.51. The molecule has 0 spiro atoms. The van der Waals surface area contributed by atoms with Crippen LogP contribution in [0.15, 0.2) is 10.5 Å². The molecule has 1 unspecified atom stereocenters. The first-order valence-corrected chi connectivity index (χ1v) is 5.10. The van der Waals surface area contributed by atoms with Crippen molar-refractivity contribution in [2.75, 3.05) is 5.32 Å². The van der Waals surface area contributed by atoms with E-state index in [1.165, 1.54) is 6.07 Å². The van der Waals surface area contributed by atoms with Crippen molar-refractivity contribution in [1.29, 1.82) is 0 Å². The van der Waals surface area contributed by atoms with E-state index in [2.05, 4.69) is 15.9 Å². The molecule has 7 heteroatoms. The van der Waals surface area contributed by atoms with Gasteiger partial charge in [0.2, 0.25) is 0 Å². The smallest absolute Gasteiger partial charge is 0.409 e. The average Bonchev–Trinajstić information content (AvgIpc) is 2.56. The molecule has 1 amide bonds. The number of aliphatic hydroxyl groups excluding tert-OH is 1. The molecule has 1 aliphatic rings. The summed E-state index contributed by atoms with van der Waals surface area (Å²) in [5, 5.41) is 19.8. The van der Waals surface area contributed by atoms with Crippen LogP contribution in [0.4, 0.5) is 14.9 Å². The van der Waals surface area contributed by atoms with Gasteiger partial charge in [0.25, 0.3) is 0 Å². The fourth-order valence-corrected chi connectivity index (χ4v) is 2.07. The summed E-state index contributed by atoms with van der Waals surface area (Å²) < 4.78 is 18.6. The molecule has 1 aromatic carbocycles. The molecule has 1 aromatic rings. The molecule has 0 aromatic heterocycles. The number of anilines is 1. The Morgan fingerprint density at radius 3 is 3.00 bits per heavy atom. The highest BCUT2D eigenvalue weighted by Gasteiger charge is 2.27. The first-order chi connectivity index (χ1) is 7.50. The van der Waals surface area contributed by atoms with Crippen LogP contribution in [-0.4, -0.2) is 16.3 Å². The van der Waals surface area contributed by atoms with Gasteiger partial charge in [0.05, 0.1) is 16.8 Å². The van der Waals surface area contributed by atoms with E-state index in [4.69, 9.17) is 9.84 Å². The lowest BCUT2D eigenvalue weighted by Crippen LogP contribution is -2.10. The van der Waals surface area contributed by atoms with Crippen molar-refractivity contribution in [3.63, 3.8) is 0 Å². The highest BCUT2D eigenvalue weighted by Crippen LogP contribution is 2.38. The number of carboxylic acid groups (broad SMARTS) is 1. The summed E-state index contributed by atoms with van der Waals surface area (Å²) in [6.07, 6.45) is -2.53. The monoisotopic (exact) mass is 291 g/mol. The summed E-state index contributed by atoms with van der Waals surface area (Å²) in [5.74, 6) is -0.723. The van der Waals surface area contributed by atoms with Gasteiger partial charge in [-0.25, -0.2) is 9.18 Å². The molecular formula is C9H7BrFNO4. The summed E-state index contributed by atoms with van der Waals surface area (Å²) in [6, 6.07) is 1.22. The van der Waals surface area contributed by atoms with Gasteiger partial charge in [-0.1, -0.05) is 0 Å². The van der Waals surface area contributed by atoms with Crippen LogP contribution in [0.3, 0.4) is 0 Å². The van der Waals surface area contributed by atoms with E-state index in [9.17, 15) is 14.3 Å². The lowest BCUT2D eigenvalue weighted by atomic mass is 10.1. The Labute approximate surface area is 98.0 Å². The lowest BCUT2D eigenvalue weighted by Gasteiger charge is -2.09. The van der Waals surface area contributed by atoms with Crippen molar-refractivity contribution < 1.29 is 24.1 Å². The standard InChI is InChI=1S/C9H7BrFNO4/c10-6-4-2-16-8(13)3(4)1-5(7(6)11)12-9(14)15/h1,8,12-13H,2H2,(H,14,15). The number of carbonyl (C=O) groups is 1. The Bertz CT molecular complexity index is 465. The summed E-state index contributed by atoms with van der Waals surface area (Å²) >= 11 is 3.00. The van der Waals surface area contributed by atoms with Crippen LogP contribution in [0.2, 0.25) is 0 Å². The van der Waals surface area contributed by atoms with Gasteiger partial charge in [-0.3, -0.25) is 5.32 Å². The maximum absolute atomic E-state index is 13.6. The van der Waals surface area contributed by atoms with Gasteiger partial charge >= 0.3 is 6.09 Å². The molecule has 0 aliphatic carbocycles. The minimum Gasteiger partial charge on any atom is -0.465 e. The molecule has 1 heterocycles. The van der Waals surface area contributed by atoms with Gasteiger partial charge in [-0.05, 0) is 22.0 Å². The summed E-state index contributed by atoms with van der Waals surface area (Å²) in [5.41, 5.74) is 0.626. The third-order valence-electron chi connectivity index (χ3n) is 2.24. The van der Waals surface area contributed by atoms with E-state index >= 15 is 0 Å². The maximum Gasteiger partial charge on any atom is 0.409 e. The molecule has 0 saturated heterocycles. The number of nitrogens with one attached hydrogen (secondary N) is 1. The molecule has 2 rings (SSSR count). The molecule has 0 radical (unpaired) electrons. The molecule has 5 nitrogen and oxygen atoms in total. The molecule has 0 bridgehead atoms. The van der Waals surface area contributed by atoms with Gasteiger partial charge in [-0.2, -0.15) is 0 Å². The Morgan fingerprint density at radius 2 is 2.38 bits per heavy atom. The predicted octanol–water partition coefficient (Wildman–Crippen LogP) is 2.20. The number of rotatable bonds is 1. The Morgan fingerprint density at radius 1 is 1.69 bits per heavy atom. The fraction of sp³-hybridized carbons (Fsp3) is 0.222. The van der Waals surface area contributed by atoms with Gasteiger partial charge in [0, 0.05) is 11.1 Å². The summed E-state index contributed by atoms with van der Waals surface area (Å²) in [6.45, 7) is 0.0847. The SMILES string of the molecule is O=C(O)Nc1cc2c(c(Br)c1F)COC2O. The summed E-state index contributed by atoms with van der Waals surface area (Å²) in [7, 11) is 0. The molecule has 0 saturated carbocycles. The van der Waals surface area contributed by atoms with Crippen molar-refractivity contribution >= 4 is 27.7 Å². The number of aliphatic hydroxyl groups is 1. The zero-order chi connectivity index (χ0) is 11.9. The van der Waals surface area contributed by atoms with Crippen molar-refractivity contribution in [3.05, 3.63) is 27.5 Å². The van der Waals surface area contributed by atoms with E-state index in [-0.39, 0.29) is 16.8 Å². The molecule has 86 valence electrons. The predicted molar refractivity (Wildman–Crippen MR) is 55.5 cm³/mol. The van der Waals surface area contributed by atoms with Crippen LogP contribution in [0.1, 0.15) is 17.4 Å². The molecule has 3 N–H and O–H groups in total. The van der Waals surface area contributed by atoms with Crippen molar-refractivity contribution in [2.24, 2.45) is 0 Å². The van der Waals surface area contributed by atoms with Gasteiger partial charge in [0.15, 0.2) is 12.1 Å². The van der Waals surface area contributed by atoms with Crippen molar-refractivity contribution in [2.45, 2.75) is 12.9 Å². The average molecular weight is 292 g/mol. The van der Waals surface area contributed by atoms with Crippen LogP contribution in [-0.2, 0) is 11.3 Å². The molecule has 0 fully saturated rings. The van der Waals surface area contributed by atoms with Crippen LogP contribution in [0.25, 0.3) is 0 Å². The van der Waals surface area contributed by atoms with Gasteiger partial charge in [0.1, 0.15) is 0 Å². The van der Waals surface area contributed by atoms with Crippen LogP contribution < -0.4 is 5.32 Å². The Hall–Kier alpha value is -1.18. The van der Waals surface area contributed by atoms with Gasteiger partial charge in [-0.15, -0.1) is 0 Å². The minimum atomic E-state index is -1.38. The number of halogens is 2. The molecule has 1 atom stereocenters. The first-order valence-electron chi connectivity index (χ1n) is 4.31. The van der Waals surface area contributed by atoms with E-state index < -0.39 is 18.2 Å². The molecular weight excluding hydrogens is 285 g/mol. The Balaban J connectivity index is 2.52. The second-order valence-corrected chi connectivity index (χ2v) is 4.01. The molecule has 1 aliphatic heterocycles. The first kappa shape index (κ1) is 11.3. The van der Waals surface area contributed by atoms with E-state index in [0.717, 1.165) is 0 Å². The number of hydrogen-bond donors (Lipinski definition) is 3. The van der Waals surface area contributed by atoms with Crippen LogP contribution >= 0.6 is 15.9 Å². The topological polar surface area (TPSA) is 78.8 Å². The zero-order valence-electron chi connectivity index (χ0n) is 7.83. The Kier molecular flexibility index (Phi) is 2.83. The maximum atomic E-state index is 13.6. The minimum absolute atomic E-state index is 0.0847. The number of amides is 1. The second kappa shape index (κ2) is 4.00. The van der Waals surface area contributed by atoms with Gasteiger partial charge < -0.3 is 14.9 Å². The second-order valence-electron chi connectivity index (χ2n) is 3.21. The number of benzene rings is 1. The third-order valence-corrected chi connectivity index (χ3v) is 3.06. The van der Waals surface area contributed by atoms with Crippen molar-refractivity contribution in [3.8, 4) is 0 Å². The summed E-state index contributed by atoms with van der Waals surface area (Å²) in [4.78, 5) is 10.4. The van der Waals surface area contributed by atoms with Crippen LogP contribution in [0.5, 0.6) is 0 Å². The van der Waals surface area contributed by atoms with Crippen molar-refractivity contribution in [1.82, 2.24) is 0 Å². The largest absolute Gasteiger partial charge is 0.465 e. The van der Waals surface area contributed by atoms with E-state index in [1.54, 1.807) is 0 Å². The van der Waals surface area contributed by atoms with E-state index in [0.29, 0.717) is 11.1 Å². The lowest BCUT2D eigenvalue weighted by molar-refractivity contribution is -0.0918. The third kappa shape index (κ3) is 1.77.